The third-order valence-electron chi connectivity index (χ3n) is 4.39. The van der Waals surface area contributed by atoms with Crippen LogP contribution in [0, 0.1) is 6.92 Å². The van der Waals surface area contributed by atoms with Gasteiger partial charge in [0.15, 0.2) is 0 Å². The van der Waals surface area contributed by atoms with Crippen molar-refractivity contribution in [2.45, 2.75) is 52.1 Å². The number of piperazine rings is 1. The summed E-state index contributed by atoms with van der Waals surface area (Å²) in [6.07, 6.45) is 2.26. The molecule has 106 valence electrons. The minimum absolute atomic E-state index is 0.179. The molecule has 1 aliphatic heterocycles. The molecule has 1 N–H and O–H groups in total. The minimum atomic E-state index is 0.179. The lowest BCUT2D eigenvalue weighted by atomic mass is 9.92. The van der Waals surface area contributed by atoms with E-state index < -0.39 is 0 Å². The van der Waals surface area contributed by atoms with Gasteiger partial charge in [0.25, 0.3) is 0 Å². The minimum Gasteiger partial charge on any atom is -0.364 e. The zero-order valence-corrected chi connectivity index (χ0v) is 13.2. The summed E-state index contributed by atoms with van der Waals surface area (Å²) in [5.41, 5.74) is 2.64. The first-order valence-electron chi connectivity index (χ1n) is 7.27. The van der Waals surface area contributed by atoms with Crippen LogP contribution in [0.3, 0.4) is 0 Å². The normalized spacial score (nSPS) is 27.6. The molecule has 2 rings (SSSR count). The molecule has 2 unspecified atom stereocenters. The van der Waals surface area contributed by atoms with Crippen molar-refractivity contribution < 1.29 is 0 Å². The first-order chi connectivity index (χ1) is 8.99. The van der Waals surface area contributed by atoms with Gasteiger partial charge in [-0.05, 0) is 44.4 Å². The van der Waals surface area contributed by atoms with E-state index in [1.54, 1.807) is 0 Å². The Kier molecular flexibility index (Phi) is 4.42. The highest BCUT2D eigenvalue weighted by molar-refractivity contribution is 6.33. The van der Waals surface area contributed by atoms with Crippen molar-refractivity contribution in [3.05, 3.63) is 28.8 Å². The number of anilines is 1. The monoisotopic (exact) mass is 280 g/mol. The summed E-state index contributed by atoms with van der Waals surface area (Å²) in [4.78, 5) is 2.50. The van der Waals surface area contributed by atoms with Gasteiger partial charge in [-0.3, -0.25) is 0 Å². The van der Waals surface area contributed by atoms with E-state index in [0.29, 0.717) is 6.04 Å². The van der Waals surface area contributed by atoms with E-state index in [-0.39, 0.29) is 5.54 Å². The fraction of sp³-hybridized carbons (Fsp3) is 0.625. The number of rotatable bonds is 3. The predicted molar refractivity (Wildman–Crippen MR) is 84.3 cm³/mol. The smallest absolute Gasteiger partial charge is 0.0639 e. The molecular formula is C16H25ClN2. The van der Waals surface area contributed by atoms with Crippen LogP contribution >= 0.6 is 11.6 Å². The van der Waals surface area contributed by atoms with Gasteiger partial charge in [-0.1, -0.05) is 31.5 Å². The summed E-state index contributed by atoms with van der Waals surface area (Å²) in [6.45, 7) is 11.0. The highest BCUT2D eigenvalue weighted by Crippen LogP contribution is 2.32. The molecule has 3 heteroatoms. The summed E-state index contributed by atoms with van der Waals surface area (Å²) < 4.78 is 0. The van der Waals surface area contributed by atoms with Gasteiger partial charge in [-0.25, -0.2) is 0 Å². The average molecular weight is 281 g/mol. The van der Waals surface area contributed by atoms with E-state index in [0.717, 1.165) is 31.0 Å². The summed E-state index contributed by atoms with van der Waals surface area (Å²) in [5.74, 6) is 0. The maximum Gasteiger partial charge on any atom is 0.0639 e. The van der Waals surface area contributed by atoms with E-state index in [1.165, 1.54) is 11.3 Å². The highest BCUT2D eigenvalue weighted by Gasteiger charge is 2.34. The van der Waals surface area contributed by atoms with Crippen LogP contribution in [0.5, 0.6) is 0 Å². The fourth-order valence-electron chi connectivity index (χ4n) is 2.76. The van der Waals surface area contributed by atoms with Crippen molar-refractivity contribution >= 4 is 17.3 Å². The third-order valence-corrected chi connectivity index (χ3v) is 4.71. The molecule has 2 atom stereocenters. The molecule has 1 aliphatic rings. The molecule has 1 fully saturated rings. The van der Waals surface area contributed by atoms with E-state index in [2.05, 4.69) is 50.0 Å². The number of nitrogens with zero attached hydrogens (tertiary/aromatic N) is 1. The van der Waals surface area contributed by atoms with Crippen LogP contribution in [0.15, 0.2) is 18.2 Å². The predicted octanol–water partition coefficient (Wildman–Crippen LogP) is 4.01. The van der Waals surface area contributed by atoms with E-state index >= 15 is 0 Å². The SMILES string of the molecule is CCC1CNC(C)(CC)CN1c1cc(C)ccc1Cl. The Balaban J connectivity index is 2.35. The lowest BCUT2D eigenvalue weighted by molar-refractivity contribution is 0.276. The Morgan fingerprint density at radius 1 is 1.42 bits per heavy atom. The molecule has 1 aromatic rings. The quantitative estimate of drug-likeness (QED) is 0.900. The summed E-state index contributed by atoms with van der Waals surface area (Å²) in [5, 5.41) is 4.56. The highest BCUT2D eigenvalue weighted by atomic mass is 35.5. The molecule has 0 bridgehead atoms. The molecule has 1 aromatic carbocycles. The molecule has 1 heterocycles. The Morgan fingerprint density at radius 2 is 2.16 bits per heavy atom. The van der Waals surface area contributed by atoms with Crippen molar-refractivity contribution in [1.29, 1.82) is 0 Å². The van der Waals surface area contributed by atoms with Crippen LogP contribution in [0.2, 0.25) is 5.02 Å². The van der Waals surface area contributed by atoms with Gasteiger partial charge in [0.2, 0.25) is 0 Å². The lowest BCUT2D eigenvalue weighted by Crippen LogP contribution is -2.62. The van der Waals surface area contributed by atoms with Crippen LogP contribution in [0.4, 0.5) is 5.69 Å². The molecule has 0 aliphatic carbocycles. The maximum atomic E-state index is 6.43. The Hall–Kier alpha value is -0.730. The van der Waals surface area contributed by atoms with Gasteiger partial charge in [0.05, 0.1) is 10.7 Å². The van der Waals surface area contributed by atoms with Crippen LogP contribution in [-0.4, -0.2) is 24.7 Å². The summed E-state index contributed by atoms with van der Waals surface area (Å²) in [6, 6.07) is 6.84. The van der Waals surface area contributed by atoms with Crippen LogP contribution in [-0.2, 0) is 0 Å². The van der Waals surface area contributed by atoms with E-state index in [4.69, 9.17) is 11.6 Å². The number of halogens is 1. The van der Waals surface area contributed by atoms with E-state index in [1.807, 2.05) is 6.07 Å². The van der Waals surface area contributed by atoms with Gasteiger partial charge < -0.3 is 10.2 Å². The first-order valence-corrected chi connectivity index (χ1v) is 7.64. The number of hydrogen-bond donors (Lipinski definition) is 1. The first kappa shape index (κ1) is 14.7. The molecule has 0 amide bonds. The van der Waals surface area contributed by atoms with Gasteiger partial charge in [0, 0.05) is 24.7 Å². The van der Waals surface area contributed by atoms with Crippen LogP contribution in [0.25, 0.3) is 0 Å². The number of hydrogen-bond acceptors (Lipinski definition) is 2. The van der Waals surface area contributed by atoms with Crippen LogP contribution < -0.4 is 10.2 Å². The average Bonchev–Trinajstić information content (AvgIpc) is 2.41. The van der Waals surface area contributed by atoms with Crippen molar-refractivity contribution in [2.75, 3.05) is 18.0 Å². The summed E-state index contributed by atoms with van der Waals surface area (Å²) >= 11 is 6.43. The lowest BCUT2D eigenvalue weighted by Gasteiger charge is -2.47. The molecule has 0 spiro atoms. The van der Waals surface area contributed by atoms with Gasteiger partial charge in [0.1, 0.15) is 0 Å². The number of nitrogens with one attached hydrogen (secondary N) is 1. The van der Waals surface area contributed by atoms with Crippen molar-refractivity contribution in [3.8, 4) is 0 Å². The Bertz CT molecular complexity index is 446. The standard InChI is InChI=1S/C16H25ClN2/c1-5-13-10-18-16(4,6-2)11-19(13)15-9-12(3)7-8-14(15)17/h7-9,13,18H,5-6,10-11H2,1-4H3. The molecule has 19 heavy (non-hydrogen) atoms. The molecule has 0 radical (unpaired) electrons. The molecule has 0 saturated carbocycles. The topological polar surface area (TPSA) is 15.3 Å². The zero-order valence-electron chi connectivity index (χ0n) is 12.5. The van der Waals surface area contributed by atoms with Crippen LogP contribution in [0.1, 0.15) is 39.2 Å². The van der Waals surface area contributed by atoms with E-state index in [9.17, 15) is 0 Å². The molecule has 2 nitrogen and oxygen atoms in total. The summed E-state index contributed by atoms with van der Waals surface area (Å²) in [7, 11) is 0. The van der Waals surface area contributed by atoms with Gasteiger partial charge in [-0.15, -0.1) is 0 Å². The van der Waals surface area contributed by atoms with Gasteiger partial charge >= 0.3 is 0 Å². The Labute approximate surface area is 122 Å². The number of benzene rings is 1. The second-order valence-corrected chi connectivity index (χ2v) is 6.35. The molecule has 1 saturated heterocycles. The Morgan fingerprint density at radius 3 is 2.79 bits per heavy atom. The third kappa shape index (κ3) is 3.06. The molecule has 0 aromatic heterocycles. The van der Waals surface area contributed by atoms with Crippen molar-refractivity contribution in [2.24, 2.45) is 0 Å². The zero-order chi connectivity index (χ0) is 14.0. The van der Waals surface area contributed by atoms with Gasteiger partial charge in [-0.2, -0.15) is 0 Å². The number of aryl methyl sites for hydroxylation is 1. The fourth-order valence-corrected chi connectivity index (χ4v) is 2.99. The second-order valence-electron chi connectivity index (χ2n) is 5.94. The molecular weight excluding hydrogens is 256 g/mol. The largest absolute Gasteiger partial charge is 0.364 e. The second kappa shape index (κ2) is 5.72. The van der Waals surface area contributed by atoms with Crippen molar-refractivity contribution in [1.82, 2.24) is 5.32 Å². The maximum absolute atomic E-state index is 6.43. The van der Waals surface area contributed by atoms with Crippen molar-refractivity contribution in [3.63, 3.8) is 0 Å².